The molecule has 2 amide bonds. The van der Waals surface area contributed by atoms with Gasteiger partial charge in [0.15, 0.2) is 11.6 Å². The maximum absolute atomic E-state index is 12.2. The van der Waals surface area contributed by atoms with E-state index >= 15 is 0 Å². The van der Waals surface area contributed by atoms with Crippen LogP contribution in [0.2, 0.25) is 0 Å². The minimum Gasteiger partial charge on any atom is -0.507 e. The first kappa shape index (κ1) is 96.6. The van der Waals surface area contributed by atoms with Gasteiger partial charge in [0.2, 0.25) is 11.8 Å². The number of carbonyl (C=O) groups is 6. The number of carboxylic acid groups (broad SMARTS) is 2. The zero-order chi connectivity index (χ0) is 78.8. The molecule has 0 aromatic heterocycles. The first-order chi connectivity index (χ1) is 48.1. The van der Waals surface area contributed by atoms with Crippen molar-refractivity contribution < 1.29 is 106 Å². The van der Waals surface area contributed by atoms with Crippen molar-refractivity contribution in [1.29, 1.82) is 0 Å². The second-order valence-electron chi connectivity index (χ2n) is 18.8. The molecular formula is C67H94N8O23S4. The Balaban J connectivity index is -0.00000134. The smallest absolute Gasteiger partial charge is 0.339 e. The lowest BCUT2D eigenvalue weighted by Crippen LogP contribution is -2.30. The number of azo groups is 3. The van der Waals surface area contributed by atoms with Gasteiger partial charge in [-0.25, -0.2) is 4.79 Å². The van der Waals surface area contributed by atoms with Crippen LogP contribution in [0, 0.1) is 0 Å². The fourth-order valence-electron chi connectivity index (χ4n) is 7.17. The van der Waals surface area contributed by atoms with E-state index in [4.69, 9.17) is 28.4 Å². The predicted octanol–water partition coefficient (Wildman–Crippen LogP) is 13.7. The van der Waals surface area contributed by atoms with Gasteiger partial charge in [0, 0.05) is 25.9 Å². The highest BCUT2D eigenvalue weighted by molar-refractivity contribution is 7.86. The number of nitrogens with one attached hydrogen (secondary N) is 2. The van der Waals surface area contributed by atoms with Crippen molar-refractivity contribution in [1.82, 2.24) is 10.6 Å². The maximum atomic E-state index is 12.2. The molecule has 31 nitrogen and oxygen atoms in total. The number of phenolic OH excluding ortho intramolecular Hbond substituents is 2. The second-order valence-corrected chi connectivity index (χ2v) is 25.1. The van der Waals surface area contributed by atoms with Crippen molar-refractivity contribution in [3.8, 4) is 17.2 Å². The zero-order valence-corrected chi connectivity index (χ0v) is 62.1. The Morgan fingerprint density at radius 1 is 0.333 bits per heavy atom. The summed E-state index contributed by atoms with van der Waals surface area (Å²) in [7, 11) is -16.6. The summed E-state index contributed by atoms with van der Waals surface area (Å²) in [5, 5.41) is 75.5. The third-order valence-corrected chi connectivity index (χ3v) is 14.5. The first-order valence-electron chi connectivity index (χ1n) is 32.0. The minimum absolute atomic E-state index is 0.0100. The average molecular weight is 1510 g/mol. The van der Waals surface area contributed by atoms with E-state index < -0.39 is 98.8 Å². The van der Waals surface area contributed by atoms with Gasteiger partial charge in [0.25, 0.3) is 40.5 Å². The molecule has 0 spiro atoms. The number of hydrogen-bond acceptors (Lipinski definition) is 23. The summed E-state index contributed by atoms with van der Waals surface area (Å²) in [5.41, 5.74) is 3.72. The molecule has 564 valence electrons. The number of Topliss-reactive ketones (excluding diaryl/α,β-unsaturated/α-hetero) is 2. The topological polar surface area (TPSA) is 519 Å². The number of rotatable bonds is 29. The Hall–Kier alpha value is -9.62. The molecule has 0 unspecified atom stereocenters. The van der Waals surface area contributed by atoms with Crippen LogP contribution in [0.15, 0.2) is 158 Å². The van der Waals surface area contributed by atoms with Crippen LogP contribution in [0.5, 0.6) is 17.2 Å². The van der Waals surface area contributed by atoms with Crippen LogP contribution in [0.3, 0.4) is 0 Å². The van der Waals surface area contributed by atoms with E-state index in [2.05, 4.69) is 41.3 Å². The summed E-state index contributed by atoms with van der Waals surface area (Å²) in [4.78, 5) is 69.5. The molecule has 102 heavy (non-hydrogen) atoms. The van der Waals surface area contributed by atoms with Crippen LogP contribution in [-0.2, 0) is 74.1 Å². The van der Waals surface area contributed by atoms with Gasteiger partial charge in [0.1, 0.15) is 22.8 Å². The van der Waals surface area contributed by atoms with E-state index in [1.165, 1.54) is 54.6 Å². The predicted molar refractivity (Wildman–Crippen MR) is 389 cm³/mol. The van der Waals surface area contributed by atoms with Crippen LogP contribution < -0.4 is 10.6 Å². The van der Waals surface area contributed by atoms with Gasteiger partial charge in [-0.05, 0) is 121 Å². The molecule has 0 atom stereocenters. The van der Waals surface area contributed by atoms with Crippen molar-refractivity contribution >= 4 is 110 Å². The van der Waals surface area contributed by atoms with E-state index in [0.29, 0.717) is 39.4 Å². The highest BCUT2D eigenvalue weighted by atomic mass is 32.2. The summed E-state index contributed by atoms with van der Waals surface area (Å²) in [6.07, 6.45) is -0.637. The van der Waals surface area contributed by atoms with Gasteiger partial charge in [0.05, 0.1) is 87.5 Å². The van der Waals surface area contributed by atoms with Gasteiger partial charge < -0.3 is 36.2 Å². The molecule has 0 saturated heterocycles. The lowest BCUT2D eigenvalue weighted by molar-refractivity contribution is -0.136. The molecule has 0 saturated carbocycles. The lowest BCUT2D eigenvalue weighted by atomic mass is 10.1. The van der Waals surface area contributed by atoms with Crippen molar-refractivity contribution in [2.75, 3.05) is 36.1 Å². The summed E-state index contributed by atoms with van der Waals surface area (Å²) in [6.45, 7) is 23.6. The number of carbonyl (C=O) groups excluding carboxylic acids is 4. The molecule has 6 aromatic rings. The van der Waals surface area contributed by atoms with Crippen LogP contribution in [0.4, 0.5) is 34.1 Å². The number of hydrogen-bond donors (Lipinski definition) is 11. The fraction of sp³-hybridized carbons (Fsp3) is 0.373. The quantitative estimate of drug-likeness (QED) is 0.0118. The SMILES string of the molecule is CC.CC.CC.CC.CC.CC.O=C(Cc1ccc(N=Nc2ccc(O)c(C(=O)CCCS(=O)(=O)O)c2)cc1)NCCS(=O)(=O)O.O=C(Cc1ccc(N=Nc2ccc(O)c(C(=O)O)c2)cc1)NCCS(=O)(=O)O.O=C(O)Cc1ccc(N=Nc2ccc(O)c(C(=O)CCCS(=O)(=O)O)c2)cc1. The first-order valence-corrected chi connectivity index (χ1v) is 38.4. The van der Waals surface area contributed by atoms with Crippen molar-refractivity contribution in [2.24, 2.45) is 30.7 Å². The second kappa shape index (κ2) is 52.4. The molecule has 0 fully saturated rings. The number of phenols is 3. The average Bonchev–Trinajstić information content (AvgIpc) is 0.858. The Bertz CT molecular complexity index is 4120. The third kappa shape index (κ3) is 45.2. The molecule has 0 aliphatic carbocycles. The number of aliphatic carboxylic acids is 1. The molecule has 11 N–H and O–H groups in total. The number of benzene rings is 6. The standard InChI is InChI=1S/C20H23N3O9S2.C18H18N2O7S.C17H17N3O7S.6C2H6/c24-18(2-1-10-33(27,28)29)17-13-16(7-8-19(17)25)23-22-15-5-3-14(4-6-15)12-20(26)21-9-11-34(30,31)32;21-16(2-1-9-28(25,26)27)15-11-14(7-8-17(15)22)20-19-13-5-3-12(4-6-13)10-18(23)24;21-15-6-5-13(10-14(15)17(23)24)20-19-12-3-1-11(2-4-12)9-16(22)18-7-8-28(25,26)27;6*1-2/h3-8,13,25H,1-2,9-12H2,(H,21,26)(H,27,28,29)(H,30,31,32);3-8,11,22H,1-2,9-10H2,(H,23,24)(H,25,26,27);1-6,10,21H,7-9H2,(H,18,22)(H,23,24)(H,25,26,27);6*1-2H3. The lowest BCUT2D eigenvalue weighted by Gasteiger charge is -2.05. The number of nitrogens with zero attached hydrogens (tertiary/aromatic N) is 6. The molecule has 0 aliphatic heterocycles. The van der Waals surface area contributed by atoms with Gasteiger partial charge in [-0.3, -0.25) is 42.2 Å². The molecule has 6 aromatic carbocycles. The van der Waals surface area contributed by atoms with Crippen molar-refractivity contribution in [3.63, 3.8) is 0 Å². The van der Waals surface area contributed by atoms with Crippen molar-refractivity contribution in [2.45, 2.75) is 128 Å². The van der Waals surface area contributed by atoms with E-state index in [-0.39, 0.29) is 103 Å². The molecule has 6 rings (SSSR count). The van der Waals surface area contributed by atoms with Gasteiger partial charge >= 0.3 is 11.9 Å². The zero-order valence-electron chi connectivity index (χ0n) is 58.9. The van der Waals surface area contributed by atoms with E-state index in [9.17, 15) is 77.8 Å². The van der Waals surface area contributed by atoms with Crippen LogP contribution >= 0.6 is 0 Å². The van der Waals surface area contributed by atoms with Crippen LogP contribution in [-0.4, -0.2) is 149 Å². The molecule has 0 bridgehead atoms. The number of amides is 2. The van der Waals surface area contributed by atoms with E-state index in [0.717, 1.165) is 0 Å². The summed E-state index contributed by atoms with van der Waals surface area (Å²) < 4.78 is 120. The maximum Gasteiger partial charge on any atom is 0.339 e. The number of carboxylic acids is 2. The Kier molecular flexibility index (Phi) is 49.6. The Labute approximate surface area is 596 Å². The summed E-state index contributed by atoms with van der Waals surface area (Å²) in [5.74, 6) is -7.23. The van der Waals surface area contributed by atoms with Crippen molar-refractivity contribution in [3.05, 3.63) is 161 Å². The molecule has 35 heteroatoms. The number of ketones is 2. The number of aromatic carboxylic acids is 1. The molecule has 0 heterocycles. The van der Waals surface area contributed by atoms with Gasteiger partial charge in [-0.1, -0.05) is 119 Å². The fourth-order valence-corrected chi connectivity index (χ4v) is 8.91. The Morgan fingerprint density at radius 2 is 0.569 bits per heavy atom. The number of aromatic hydroxyl groups is 3. The minimum atomic E-state index is -4.18. The highest BCUT2D eigenvalue weighted by Gasteiger charge is 2.17. The highest BCUT2D eigenvalue weighted by Crippen LogP contribution is 2.30. The van der Waals surface area contributed by atoms with E-state index in [1.54, 1.807) is 72.8 Å². The molecule has 0 radical (unpaired) electrons. The normalized spacial score (nSPS) is 10.7. The molecular weight excluding hydrogens is 1410 g/mol. The third-order valence-electron chi connectivity index (χ3n) is 11.5. The summed E-state index contributed by atoms with van der Waals surface area (Å²) in [6, 6.07) is 31.2. The monoisotopic (exact) mass is 1510 g/mol. The van der Waals surface area contributed by atoms with Crippen LogP contribution in [0.25, 0.3) is 0 Å². The Morgan fingerprint density at radius 3 is 0.824 bits per heavy atom. The summed E-state index contributed by atoms with van der Waals surface area (Å²) >= 11 is 0. The van der Waals surface area contributed by atoms with Crippen LogP contribution in [0.1, 0.15) is 157 Å². The van der Waals surface area contributed by atoms with E-state index in [1.807, 2.05) is 83.1 Å². The van der Waals surface area contributed by atoms with Gasteiger partial charge in [-0.15, -0.1) is 0 Å². The van der Waals surface area contributed by atoms with Gasteiger partial charge in [-0.2, -0.15) is 64.4 Å². The molecule has 0 aliphatic rings. The largest absolute Gasteiger partial charge is 0.507 e.